The molecule has 0 aromatic carbocycles. The van der Waals surface area contributed by atoms with Crippen LogP contribution in [-0.2, 0) is 14.0 Å². The van der Waals surface area contributed by atoms with Crippen molar-refractivity contribution in [2.45, 2.75) is 116 Å². The summed E-state index contributed by atoms with van der Waals surface area (Å²) in [5.41, 5.74) is 2.23. The van der Waals surface area contributed by atoms with E-state index in [1.807, 2.05) is 7.11 Å². The second-order valence-electron chi connectivity index (χ2n) is 13.6. The van der Waals surface area contributed by atoms with Crippen LogP contribution >= 0.6 is 0 Å². The highest BCUT2D eigenvalue weighted by molar-refractivity contribution is 6.74. The highest BCUT2D eigenvalue weighted by atomic mass is 28.4. The van der Waals surface area contributed by atoms with Crippen LogP contribution in [0.4, 0.5) is 0 Å². The van der Waals surface area contributed by atoms with Gasteiger partial charge in [-0.05, 0) is 92.7 Å². The second-order valence-corrected chi connectivity index (χ2v) is 18.3. The first kappa shape index (κ1) is 24.7. The second kappa shape index (κ2) is 8.34. The monoisotopic (exact) mass is 460 g/mol. The number of ether oxygens (including phenoxy) is 1. The molecule has 4 heteroatoms. The van der Waals surface area contributed by atoms with Gasteiger partial charge in [0.15, 0.2) is 8.32 Å². The predicted octanol–water partition coefficient (Wildman–Crippen LogP) is 7.17. The van der Waals surface area contributed by atoms with Crippen LogP contribution in [0.1, 0.15) is 86.0 Å². The van der Waals surface area contributed by atoms with Gasteiger partial charge in [0.05, 0.1) is 6.10 Å². The Morgan fingerprint density at radius 1 is 1.19 bits per heavy atom. The third kappa shape index (κ3) is 4.00. The lowest BCUT2D eigenvalue weighted by Gasteiger charge is -2.44. The number of hydrogen-bond acceptors (Lipinski definition) is 3. The van der Waals surface area contributed by atoms with Crippen molar-refractivity contribution < 1.29 is 14.0 Å². The molecule has 4 fully saturated rings. The molecule has 0 bridgehead atoms. The van der Waals surface area contributed by atoms with E-state index in [4.69, 9.17) is 9.16 Å². The Kier molecular flexibility index (Phi) is 6.43. The summed E-state index contributed by atoms with van der Waals surface area (Å²) in [6.07, 6.45) is 14.3. The average molecular weight is 461 g/mol. The van der Waals surface area contributed by atoms with Gasteiger partial charge in [0, 0.05) is 24.5 Å². The van der Waals surface area contributed by atoms with Crippen LogP contribution < -0.4 is 0 Å². The molecule has 1 unspecified atom stereocenters. The fourth-order valence-corrected chi connectivity index (χ4v) is 9.21. The normalized spacial score (nSPS) is 42.4. The number of carbonyl (C=O) groups is 1. The van der Waals surface area contributed by atoms with E-state index in [-0.39, 0.29) is 22.5 Å². The zero-order valence-corrected chi connectivity index (χ0v) is 23.0. The summed E-state index contributed by atoms with van der Waals surface area (Å²) in [4.78, 5) is 11.6. The fraction of sp³-hybridized carbons (Fsp3) is 0.893. The molecule has 0 aromatic rings. The number of allylic oxidation sites excluding steroid dienone is 1. The Bertz CT molecular complexity index is 752. The summed E-state index contributed by atoms with van der Waals surface area (Å²) in [7, 11) is 0.185. The molecular weight excluding hydrogens is 412 g/mol. The first-order valence-electron chi connectivity index (χ1n) is 13.2. The number of hydrogen-bond donors (Lipinski definition) is 0. The first-order valence-corrected chi connectivity index (χ1v) is 16.2. The van der Waals surface area contributed by atoms with E-state index in [1.54, 1.807) is 5.57 Å². The Morgan fingerprint density at radius 3 is 2.53 bits per heavy atom. The van der Waals surface area contributed by atoms with Crippen molar-refractivity contribution in [2.24, 2.45) is 34.5 Å². The van der Waals surface area contributed by atoms with Gasteiger partial charge in [-0.1, -0.05) is 46.3 Å². The molecule has 0 heterocycles. The third-order valence-electron chi connectivity index (χ3n) is 10.8. The van der Waals surface area contributed by atoms with E-state index in [9.17, 15) is 4.79 Å². The quantitative estimate of drug-likeness (QED) is 0.229. The van der Waals surface area contributed by atoms with Gasteiger partial charge in [-0.15, -0.1) is 0 Å². The summed E-state index contributed by atoms with van der Waals surface area (Å²) < 4.78 is 13.1. The molecule has 0 spiro atoms. The van der Waals surface area contributed by atoms with Gasteiger partial charge >= 0.3 is 0 Å². The van der Waals surface area contributed by atoms with Crippen LogP contribution in [0.3, 0.4) is 0 Å². The minimum Gasteiger partial charge on any atom is -0.414 e. The van der Waals surface area contributed by atoms with Crippen LogP contribution in [-0.4, -0.2) is 33.9 Å². The van der Waals surface area contributed by atoms with Crippen molar-refractivity contribution >= 4 is 14.6 Å². The maximum absolute atomic E-state index is 11.6. The lowest BCUT2D eigenvalue weighted by molar-refractivity contribution is -0.113. The lowest BCUT2D eigenvalue weighted by Crippen LogP contribution is -2.44. The maximum Gasteiger partial charge on any atom is 0.192 e. The van der Waals surface area contributed by atoms with Crippen molar-refractivity contribution in [3.8, 4) is 0 Å². The molecule has 4 saturated carbocycles. The third-order valence-corrected chi connectivity index (χ3v) is 15.3. The molecule has 182 valence electrons. The Balaban J connectivity index is 1.50. The van der Waals surface area contributed by atoms with Gasteiger partial charge in [0.25, 0.3) is 0 Å². The van der Waals surface area contributed by atoms with Crippen molar-refractivity contribution in [3.05, 3.63) is 11.6 Å². The first-order chi connectivity index (χ1) is 14.9. The van der Waals surface area contributed by atoms with Gasteiger partial charge in [0.1, 0.15) is 6.29 Å². The van der Waals surface area contributed by atoms with Gasteiger partial charge < -0.3 is 14.0 Å². The van der Waals surface area contributed by atoms with Crippen LogP contribution in [0.25, 0.3) is 0 Å². The zero-order valence-electron chi connectivity index (χ0n) is 22.0. The van der Waals surface area contributed by atoms with E-state index < -0.39 is 8.32 Å². The smallest absolute Gasteiger partial charge is 0.192 e. The molecule has 4 aliphatic rings. The summed E-state index contributed by atoms with van der Waals surface area (Å²) in [5, 5.41) is 0.264. The number of carbonyl (C=O) groups excluding carboxylic acids is 1. The van der Waals surface area contributed by atoms with E-state index in [0.29, 0.717) is 23.4 Å². The van der Waals surface area contributed by atoms with Gasteiger partial charge in [-0.3, -0.25) is 0 Å². The SMILES string of the molecule is CO[C@H](/C=C1\CCC[C@]2(C)[C@@H](C(C)C=O)CC[C@@H]12)[C@@]12C[C@@H](O[Si](C)(C)C(C)(C)C)C[C@@H]1C2. The van der Waals surface area contributed by atoms with Crippen molar-refractivity contribution in [1.82, 2.24) is 0 Å². The maximum atomic E-state index is 11.6. The highest BCUT2D eigenvalue weighted by Gasteiger charge is 2.65. The van der Waals surface area contributed by atoms with E-state index in [2.05, 4.69) is 53.8 Å². The summed E-state index contributed by atoms with van der Waals surface area (Å²) in [5.74, 6) is 2.11. The van der Waals surface area contributed by atoms with Gasteiger partial charge in [0.2, 0.25) is 0 Å². The molecule has 0 radical (unpaired) electrons. The minimum atomic E-state index is -1.73. The van der Waals surface area contributed by atoms with Crippen molar-refractivity contribution in [3.63, 3.8) is 0 Å². The van der Waals surface area contributed by atoms with Crippen LogP contribution in [0.15, 0.2) is 11.6 Å². The molecule has 0 aromatic heterocycles. The predicted molar refractivity (Wildman–Crippen MR) is 134 cm³/mol. The highest BCUT2D eigenvalue weighted by Crippen LogP contribution is 2.68. The molecular formula is C28H48O3Si. The molecule has 4 rings (SSSR count). The zero-order chi connectivity index (χ0) is 23.5. The average Bonchev–Trinajstić information content (AvgIpc) is 3.08. The Labute approximate surface area is 198 Å². The van der Waals surface area contributed by atoms with Crippen LogP contribution in [0, 0.1) is 34.5 Å². The molecule has 0 amide bonds. The number of fused-ring (bicyclic) bond motifs is 2. The lowest BCUT2D eigenvalue weighted by atomic mass is 9.61. The van der Waals surface area contributed by atoms with E-state index >= 15 is 0 Å². The Hall–Kier alpha value is -0.453. The Morgan fingerprint density at radius 2 is 1.91 bits per heavy atom. The largest absolute Gasteiger partial charge is 0.414 e. The van der Waals surface area contributed by atoms with E-state index in [0.717, 1.165) is 5.92 Å². The molecule has 0 aliphatic heterocycles. The van der Waals surface area contributed by atoms with Crippen molar-refractivity contribution in [1.29, 1.82) is 0 Å². The molecule has 0 N–H and O–H groups in total. The van der Waals surface area contributed by atoms with E-state index in [1.165, 1.54) is 57.7 Å². The summed E-state index contributed by atoms with van der Waals surface area (Å²) in [6.45, 7) is 16.4. The summed E-state index contributed by atoms with van der Waals surface area (Å²) in [6, 6.07) is 0. The van der Waals surface area contributed by atoms with Gasteiger partial charge in [-0.2, -0.15) is 0 Å². The number of rotatable bonds is 7. The topological polar surface area (TPSA) is 35.5 Å². The van der Waals surface area contributed by atoms with Crippen LogP contribution in [0.2, 0.25) is 18.1 Å². The standard InChI is InChI=1S/C28H48O3Si/c1-19(18-29)23-11-12-24-20(10-9-13-27(23,24)5)14-25(30-6)28-16-21(28)15-22(17-28)31-32(7,8)26(2,3)4/h14,18-19,21-25H,9-13,15-17H2,1-8H3/b20-14+/t19?,21-,22+,23-,24+,25-,27-,28+/m1/s1. The van der Waals surface area contributed by atoms with Gasteiger partial charge in [-0.25, -0.2) is 0 Å². The number of aldehydes is 1. The molecule has 8 atom stereocenters. The summed E-state index contributed by atoms with van der Waals surface area (Å²) >= 11 is 0. The number of methoxy groups -OCH3 is 1. The molecule has 4 aliphatic carbocycles. The van der Waals surface area contributed by atoms with Crippen LogP contribution in [0.5, 0.6) is 0 Å². The minimum absolute atomic E-state index is 0.178. The fourth-order valence-electron chi connectivity index (χ4n) is 7.84. The van der Waals surface area contributed by atoms with Crippen molar-refractivity contribution in [2.75, 3.05) is 7.11 Å². The molecule has 0 saturated heterocycles. The molecule has 3 nitrogen and oxygen atoms in total. The molecule has 32 heavy (non-hydrogen) atoms.